The van der Waals surface area contributed by atoms with E-state index in [0.29, 0.717) is 12.0 Å². The number of allylic oxidation sites excluding steroid dienone is 1. The monoisotopic (exact) mass is 340 g/mol. The molecule has 0 spiro atoms. The van der Waals surface area contributed by atoms with E-state index in [-0.39, 0.29) is 31.0 Å². The van der Waals surface area contributed by atoms with Crippen molar-refractivity contribution in [3.8, 4) is 0 Å². The van der Waals surface area contributed by atoms with Crippen molar-refractivity contribution in [2.45, 2.75) is 79.1 Å². The Morgan fingerprint density at radius 1 is 0.750 bits per heavy atom. The third-order valence-electron chi connectivity index (χ3n) is 3.66. The van der Waals surface area contributed by atoms with Crippen molar-refractivity contribution in [3.63, 3.8) is 0 Å². The van der Waals surface area contributed by atoms with Crippen LogP contribution in [0.4, 0.5) is 0 Å². The van der Waals surface area contributed by atoms with E-state index in [9.17, 15) is 14.4 Å². The van der Waals surface area contributed by atoms with Crippen LogP contribution in [-0.4, -0.2) is 30.9 Å². The molecule has 24 heavy (non-hydrogen) atoms. The molecule has 0 rings (SSSR count). The minimum Gasteiger partial charge on any atom is -0.462 e. The molecular formula is C19H32O5. The SMILES string of the molecule is CCCCCCCCC(=O)CC(C)=C(C(=O)OCC)C(=O)OCC. The molecule has 0 bridgehead atoms. The molecule has 0 fully saturated rings. The minimum absolute atomic E-state index is 0.0362. The summed E-state index contributed by atoms with van der Waals surface area (Å²) in [6, 6.07) is 0. The molecule has 0 aromatic rings. The van der Waals surface area contributed by atoms with Crippen LogP contribution in [0.2, 0.25) is 0 Å². The van der Waals surface area contributed by atoms with Gasteiger partial charge in [-0.15, -0.1) is 0 Å². The fraction of sp³-hybridized carbons (Fsp3) is 0.737. The number of hydrogen-bond donors (Lipinski definition) is 0. The summed E-state index contributed by atoms with van der Waals surface area (Å²) in [7, 11) is 0. The quantitative estimate of drug-likeness (QED) is 0.166. The number of esters is 2. The predicted octanol–water partition coefficient (Wildman–Crippen LogP) is 4.14. The maximum atomic E-state index is 12.1. The van der Waals surface area contributed by atoms with Gasteiger partial charge in [0.2, 0.25) is 0 Å². The molecule has 0 unspecified atom stereocenters. The van der Waals surface area contributed by atoms with Gasteiger partial charge in [0, 0.05) is 12.8 Å². The van der Waals surface area contributed by atoms with Crippen LogP contribution in [-0.2, 0) is 23.9 Å². The number of rotatable bonds is 13. The van der Waals surface area contributed by atoms with E-state index in [1.54, 1.807) is 20.8 Å². The minimum atomic E-state index is -0.721. The molecular weight excluding hydrogens is 308 g/mol. The number of ketones is 1. The summed E-state index contributed by atoms with van der Waals surface area (Å²) in [6.45, 7) is 7.45. The van der Waals surface area contributed by atoms with Gasteiger partial charge < -0.3 is 9.47 Å². The Hall–Kier alpha value is -1.65. The molecule has 0 aliphatic heterocycles. The van der Waals surface area contributed by atoms with Gasteiger partial charge in [-0.05, 0) is 32.8 Å². The van der Waals surface area contributed by atoms with Crippen molar-refractivity contribution < 1.29 is 23.9 Å². The topological polar surface area (TPSA) is 69.7 Å². The molecule has 0 atom stereocenters. The first-order valence-electron chi connectivity index (χ1n) is 9.03. The molecule has 0 radical (unpaired) electrons. The number of carbonyl (C=O) groups excluding carboxylic acids is 3. The molecule has 0 aromatic heterocycles. The lowest BCUT2D eigenvalue weighted by Crippen LogP contribution is -2.20. The van der Waals surface area contributed by atoms with Crippen molar-refractivity contribution in [1.82, 2.24) is 0 Å². The molecule has 0 N–H and O–H groups in total. The normalized spacial score (nSPS) is 10.2. The van der Waals surface area contributed by atoms with E-state index in [0.717, 1.165) is 19.3 Å². The van der Waals surface area contributed by atoms with E-state index in [4.69, 9.17) is 9.47 Å². The predicted molar refractivity (Wildman–Crippen MR) is 93.6 cm³/mol. The first-order chi connectivity index (χ1) is 11.5. The Morgan fingerprint density at radius 2 is 1.25 bits per heavy atom. The highest BCUT2D eigenvalue weighted by molar-refractivity contribution is 6.15. The molecule has 0 saturated heterocycles. The summed E-state index contributed by atoms with van der Waals surface area (Å²) in [5.41, 5.74) is 0.276. The standard InChI is InChI=1S/C19H32O5/c1-5-8-9-10-11-12-13-16(20)14-15(4)17(18(21)23-6-2)19(22)24-7-3/h5-14H2,1-4H3. The third-order valence-corrected chi connectivity index (χ3v) is 3.66. The van der Waals surface area contributed by atoms with Crippen molar-refractivity contribution in [3.05, 3.63) is 11.1 Å². The summed E-state index contributed by atoms with van der Waals surface area (Å²) < 4.78 is 9.80. The maximum absolute atomic E-state index is 12.1. The fourth-order valence-electron chi connectivity index (χ4n) is 2.41. The van der Waals surface area contributed by atoms with Gasteiger partial charge in [-0.2, -0.15) is 0 Å². The van der Waals surface area contributed by atoms with E-state index in [2.05, 4.69) is 6.92 Å². The Kier molecular flexibility index (Phi) is 12.8. The van der Waals surface area contributed by atoms with Gasteiger partial charge >= 0.3 is 11.9 Å². The molecule has 0 aliphatic carbocycles. The first kappa shape index (κ1) is 22.4. The third kappa shape index (κ3) is 9.48. The average molecular weight is 340 g/mol. The lowest BCUT2D eigenvalue weighted by atomic mass is 10.0. The molecule has 0 aromatic carbocycles. The lowest BCUT2D eigenvalue weighted by Gasteiger charge is -2.10. The Morgan fingerprint density at radius 3 is 1.75 bits per heavy atom. The van der Waals surface area contributed by atoms with Gasteiger partial charge in [-0.3, -0.25) is 4.79 Å². The number of Topliss-reactive ketones (excluding diaryl/α,β-unsaturated/α-hetero) is 1. The largest absolute Gasteiger partial charge is 0.462 e. The van der Waals surface area contributed by atoms with Crippen LogP contribution in [0.5, 0.6) is 0 Å². The number of carbonyl (C=O) groups is 3. The van der Waals surface area contributed by atoms with E-state index in [1.807, 2.05) is 0 Å². The number of hydrogen-bond acceptors (Lipinski definition) is 5. The van der Waals surface area contributed by atoms with E-state index < -0.39 is 11.9 Å². The van der Waals surface area contributed by atoms with Crippen molar-refractivity contribution in [1.29, 1.82) is 0 Å². The van der Waals surface area contributed by atoms with Crippen LogP contribution < -0.4 is 0 Å². The maximum Gasteiger partial charge on any atom is 0.345 e. The second-order valence-electron chi connectivity index (χ2n) is 5.83. The highest BCUT2D eigenvalue weighted by Gasteiger charge is 2.24. The molecule has 5 heteroatoms. The van der Waals surface area contributed by atoms with E-state index >= 15 is 0 Å². The number of unbranched alkanes of at least 4 members (excludes halogenated alkanes) is 5. The lowest BCUT2D eigenvalue weighted by molar-refractivity contribution is -0.146. The van der Waals surface area contributed by atoms with Crippen molar-refractivity contribution in [2.24, 2.45) is 0 Å². The zero-order valence-corrected chi connectivity index (χ0v) is 15.6. The van der Waals surface area contributed by atoms with Crippen molar-refractivity contribution in [2.75, 3.05) is 13.2 Å². The van der Waals surface area contributed by atoms with Gasteiger partial charge in [0.1, 0.15) is 11.4 Å². The van der Waals surface area contributed by atoms with Gasteiger partial charge in [-0.25, -0.2) is 9.59 Å². The van der Waals surface area contributed by atoms with Crippen LogP contribution >= 0.6 is 0 Å². The average Bonchev–Trinajstić information content (AvgIpc) is 2.51. The Balaban J connectivity index is 4.61. The van der Waals surface area contributed by atoms with Crippen molar-refractivity contribution >= 4 is 17.7 Å². The molecule has 0 aliphatic rings. The smallest absolute Gasteiger partial charge is 0.345 e. The van der Waals surface area contributed by atoms with Crippen LogP contribution in [0.1, 0.15) is 79.1 Å². The van der Waals surface area contributed by atoms with E-state index in [1.165, 1.54) is 19.3 Å². The first-order valence-corrected chi connectivity index (χ1v) is 9.03. The summed E-state index contributed by atoms with van der Waals surface area (Å²) in [5.74, 6) is -1.41. The molecule has 138 valence electrons. The van der Waals surface area contributed by atoms with Crippen LogP contribution in [0.15, 0.2) is 11.1 Å². The molecule has 0 amide bonds. The molecule has 5 nitrogen and oxygen atoms in total. The summed E-state index contributed by atoms with van der Waals surface area (Å²) in [6.07, 6.45) is 7.24. The zero-order valence-electron chi connectivity index (χ0n) is 15.6. The summed E-state index contributed by atoms with van der Waals surface area (Å²) >= 11 is 0. The Bertz CT molecular complexity index is 417. The van der Waals surface area contributed by atoms with Crippen LogP contribution in [0.3, 0.4) is 0 Å². The number of ether oxygens (including phenoxy) is 2. The highest BCUT2D eigenvalue weighted by atomic mass is 16.6. The highest BCUT2D eigenvalue weighted by Crippen LogP contribution is 2.16. The molecule has 0 saturated carbocycles. The van der Waals surface area contributed by atoms with Gasteiger partial charge in [0.05, 0.1) is 13.2 Å². The summed E-state index contributed by atoms with van der Waals surface area (Å²) in [4.78, 5) is 36.0. The fourth-order valence-corrected chi connectivity index (χ4v) is 2.41. The molecule has 0 heterocycles. The van der Waals surface area contributed by atoms with Gasteiger partial charge in [0.15, 0.2) is 0 Å². The van der Waals surface area contributed by atoms with Crippen LogP contribution in [0.25, 0.3) is 0 Å². The van der Waals surface area contributed by atoms with Crippen LogP contribution in [0, 0.1) is 0 Å². The van der Waals surface area contributed by atoms with Gasteiger partial charge in [-0.1, -0.05) is 39.0 Å². The second-order valence-corrected chi connectivity index (χ2v) is 5.83. The Labute approximate surface area is 145 Å². The second kappa shape index (κ2) is 13.8. The zero-order chi connectivity index (χ0) is 18.4. The summed E-state index contributed by atoms with van der Waals surface area (Å²) in [5, 5.41) is 0. The van der Waals surface area contributed by atoms with Gasteiger partial charge in [0.25, 0.3) is 0 Å².